The monoisotopic (exact) mass is 260 g/mol. The lowest BCUT2D eigenvalue weighted by Gasteiger charge is -2.35. The second-order valence-corrected chi connectivity index (χ2v) is 5.43. The molecule has 1 fully saturated rings. The van der Waals surface area contributed by atoms with E-state index in [-0.39, 0.29) is 0 Å². The Morgan fingerprint density at radius 2 is 2.22 bits per heavy atom. The topological polar surface area (TPSA) is 63.1 Å². The van der Waals surface area contributed by atoms with Crippen molar-refractivity contribution in [1.82, 2.24) is 9.97 Å². The predicted octanol–water partition coefficient (Wildman–Crippen LogP) is 2.71. The van der Waals surface area contributed by atoms with Crippen LogP contribution in [-0.2, 0) is 10.2 Å². The van der Waals surface area contributed by atoms with Crippen LogP contribution in [0.25, 0.3) is 10.6 Å². The Morgan fingerprint density at radius 3 is 2.78 bits per heavy atom. The summed E-state index contributed by atoms with van der Waals surface area (Å²) in [4.78, 5) is 21.1. The average Bonchev–Trinajstić information content (AvgIpc) is 2.80. The number of aromatic nitrogens is 2. The smallest absolute Gasteiger partial charge is 0.317 e. The van der Waals surface area contributed by atoms with E-state index >= 15 is 0 Å². The average molecular weight is 260 g/mol. The number of nitrogens with zero attached hydrogens (tertiary/aromatic N) is 2. The summed E-state index contributed by atoms with van der Waals surface area (Å²) in [6.07, 6.45) is 3.85. The molecule has 1 aliphatic carbocycles. The molecule has 0 amide bonds. The van der Waals surface area contributed by atoms with Gasteiger partial charge in [-0.1, -0.05) is 12.5 Å². The summed E-state index contributed by atoms with van der Waals surface area (Å²) in [5.41, 5.74) is -0.0460. The molecule has 92 valence electrons. The SMILES string of the molecule is O=C(O)C1(c2nccc(-c3cccs3)n2)CCC1. The molecule has 0 radical (unpaired) electrons. The van der Waals surface area contributed by atoms with E-state index in [2.05, 4.69) is 9.97 Å². The minimum atomic E-state index is -0.854. The van der Waals surface area contributed by atoms with Crippen LogP contribution in [0.3, 0.4) is 0 Å². The van der Waals surface area contributed by atoms with Crippen molar-refractivity contribution in [3.63, 3.8) is 0 Å². The van der Waals surface area contributed by atoms with Gasteiger partial charge in [0.2, 0.25) is 0 Å². The Kier molecular flexibility index (Phi) is 2.63. The molecule has 1 aliphatic rings. The second kappa shape index (κ2) is 4.17. The van der Waals surface area contributed by atoms with Gasteiger partial charge in [0.1, 0.15) is 11.2 Å². The molecule has 0 spiro atoms. The number of aliphatic carboxylic acids is 1. The first kappa shape index (κ1) is 11.3. The summed E-state index contributed by atoms with van der Waals surface area (Å²) >= 11 is 1.59. The third-order valence-electron chi connectivity index (χ3n) is 3.47. The van der Waals surface area contributed by atoms with Gasteiger partial charge in [0.05, 0.1) is 10.6 Å². The Labute approximate surface area is 108 Å². The largest absolute Gasteiger partial charge is 0.480 e. The highest BCUT2D eigenvalue weighted by Gasteiger charge is 2.48. The van der Waals surface area contributed by atoms with Gasteiger partial charge in [-0.3, -0.25) is 4.79 Å². The van der Waals surface area contributed by atoms with E-state index in [9.17, 15) is 9.90 Å². The van der Waals surface area contributed by atoms with E-state index < -0.39 is 11.4 Å². The third-order valence-corrected chi connectivity index (χ3v) is 4.37. The van der Waals surface area contributed by atoms with Gasteiger partial charge in [-0.15, -0.1) is 11.3 Å². The fourth-order valence-corrected chi connectivity index (χ4v) is 2.91. The van der Waals surface area contributed by atoms with Crippen LogP contribution in [-0.4, -0.2) is 21.0 Å². The van der Waals surface area contributed by atoms with Gasteiger partial charge < -0.3 is 5.11 Å². The molecular weight excluding hydrogens is 248 g/mol. The van der Waals surface area contributed by atoms with Crippen LogP contribution in [0.15, 0.2) is 29.8 Å². The summed E-state index contributed by atoms with van der Waals surface area (Å²) in [5.74, 6) is -0.357. The van der Waals surface area contributed by atoms with Crippen LogP contribution in [0.5, 0.6) is 0 Å². The Bertz CT molecular complexity index is 576. The molecule has 0 saturated heterocycles. The summed E-state index contributed by atoms with van der Waals surface area (Å²) in [6, 6.07) is 5.76. The number of carboxylic acid groups (broad SMARTS) is 1. The van der Waals surface area contributed by atoms with Gasteiger partial charge in [-0.25, -0.2) is 9.97 Å². The van der Waals surface area contributed by atoms with Crippen LogP contribution < -0.4 is 0 Å². The van der Waals surface area contributed by atoms with Crippen LogP contribution in [0.4, 0.5) is 0 Å². The van der Waals surface area contributed by atoms with Gasteiger partial charge in [-0.2, -0.15) is 0 Å². The van der Waals surface area contributed by atoms with Crippen molar-refractivity contribution in [3.8, 4) is 10.6 Å². The van der Waals surface area contributed by atoms with Crippen molar-refractivity contribution in [3.05, 3.63) is 35.6 Å². The molecule has 18 heavy (non-hydrogen) atoms. The van der Waals surface area contributed by atoms with Crippen molar-refractivity contribution in [1.29, 1.82) is 0 Å². The normalized spacial score (nSPS) is 17.1. The molecule has 0 bridgehead atoms. The summed E-state index contributed by atoms with van der Waals surface area (Å²) < 4.78 is 0. The van der Waals surface area contributed by atoms with Gasteiger partial charge in [0.25, 0.3) is 0 Å². The zero-order chi connectivity index (χ0) is 12.6. The fourth-order valence-electron chi connectivity index (χ4n) is 2.21. The number of carboxylic acids is 1. The molecule has 4 nitrogen and oxygen atoms in total. The van der Waals surface area contributed by atoms with E-state index in [0.29, 0.717) is 18.7 Å². The summed E-state index contributed by atoms with van der Waals surface area (Å²) in [6.45, 7) is 0. The maximum atomic E-state index is 11.4. The van der Waals surface area contributed by atoms with E-state index in [1.165, 1.54) is 0 Å². The number of thiophene rings is 1. The number of hydrogen-bond donors (Lipinski definition) is 1. The molecule has 3 rings (SSSR count). The number of rotatable bonds is 3. The van der Waals surface area contributed by atoms with E-state index in [1.807, 2.05) is 23.6 Å². The molecule has 2 heterocycles. The van der Waals surface area contributed by atoms with Crippen molar-refractivity contribution in [2.24, 2.45) is 0 Å². The van der Waals surface area contributed by atoms with Crippen LogP contribution in [0, 0.1) is 0 Å². The Morgan fingerprint density at radius 1 is 1.39 bits per heavy atom. The molecule has 2 aromatic rings. The Balaban J connectivity index is 2.04. The summed E-state index contributed by atoms with van der Waals surface area (Å²) in [7, 11) is 0. The third kappa shape index (κ3) is 1.62. The molecule has 0 aromatic carbocycles. The maximum absolute atomic E-state index is 11.4. The highest BCUT2D eigenvalue weighted by Crippen LogP contribution is 2.42. The highest BCUT2D eigenvalue weighted by molar-refractivity contribution is 7.13. The lowest BCUT2D eigenvalue weighted by atomic mass is 9.68. The first-order valence-electron chi connectivity index (χ1n) is 5.83. The van der Waals surface area contributed by atoms with Crippen LogP contribution >= 0.6 is 11.3 Å². The van der Waals surface area contributed by atoms with Gasteiger partial charge in [0.15, 0.2) is 0 Å². The van der Waals surface area contributed by atoms with E-state index in [4.69, 9.17) is 0 Å². The number of hydrogen-bond acceptors (Lipinski definition) is 4. The molecule has 5 heteroatoms. The molecule has 0 aliphatic heterocycles. The highest BCUT2D eigenvalue weighted by atomic mass is 32.1. The van der Waals surface area contributed by atoms with Crippen molar-refractivity contribution >= 4 is 17.3 Å². The molecule has 0 unspecified atom stereocenters. The molecule has 0 atom stereocenters. The van der Waals surface area contributed by atoms with Gasteiger partial charge in [-0.05, 0) is 30.4 Å². The summed E-state index contributed by atoms with van der Waals surface area (Å²) in [5, 5.41) is 11.4. The van der Waals surface area contributed by atoms with Gasteiger partial charge >= 0.3 is 5.97 Å². The van der Waals surface area contributed by atoms with E-state index in [1.54, 1.807) is 17.5 Å². The second-order valence-electron chi connectivity index (χ2n) is 4.48. The zero-order valence-corrected chi connectivity index (χ0v) is 10.5. The molecule has 1 saturated carbocycles. The molecule has 2 aromatic heterocycles. The minimum Gasteiger partial charge on any atom is -0.480 e. The maximum Gasteiger partial charge on any atom is 0.317 e. The van der Waals surface area contributed by atoms with Crippen molar-refractivity contribution < 1.29 is 9.90 Å². The standard InChI is InChI=1S/C13H12N2O2S/c16-12(17)13(5-2-6-13)11-14-7-4-9(15-11)10-3-1-8-18-10/h1,3-4,7-8H,2,5-6H2,(H,16,17). The molecule has 1 N–H and O–H groups in total. The number of carbonyl (C=O) groups is 1. The lowest BCUT2D eigenvalue weighted by molar-refractivity contribution is -0.147. The lowest BCUT2D eigenvalue weighted by Crippen LogP contribution is -2.43. The first-order chi connectivity index (χ1) is 8.72. The van der Waals surface area contributed by atoms with Crippen LogP contribution in [0.1, 0.15) is 25.1 Å². The van der Waals surface area contributed by atoms with Gasteiger partial charge in [0, 0.05) is 6.20 Å². The Hall–Kier alpha value is -1.75. The van der Waals surface area contributed by atoms with Crippen molar-refractivity contribution in [2.75, 3.05) is 0 Å². The fraction of sp³-hybridized carbons (Fsp3) is 0.308. The first-order valence-corrected chi connectivity index (χ1v) is 6.71. The predicted molar refractivity (Wildman–Crippen MR) is 68.5 cm³/mol. The minimum absolute atomic E-state index is 0.451. The molecular formula is C13H12N2O2S. The van der Waals surface area contributed by atoms with Crippen molar-refractivity contribution in [2.45, 2.75) is 24.7 Å². The van der Waals surface area contributed by atoms with E-state index in [0.717, 1.165) is 17.0 Å². The zero-order valence-electron chi connectivity index (χ0n) is 9.67. The van der Waals surface area contributed by atoms with Crippen LogP contribution in [0.2, 0.25) is 0 Å². The quantitative estimate of drug-likeness (QED) is 0.921.